The van der Waals surface area contributed by atoms with Gasteiger partial charge >= 0.3 is 6.18 Å². The number of halogens is 3. The summed E-state index contributed by atoms with van der Waals surface area (Å²) in [4.78, 5) is 11.0. The summed E-state index contributed by atoms with van der Waals surface area (Å²) in [7, 11) is 0. The van der Waals surface area contributed by atoms with Crippen LogP contribution in [0.4, 0.5) is 13.2 Å². The van der Waals surface area contributed by atoms with Gasteiger partial charge in [-0.25, -0.2) is 0 Å². The highest BCUT2D eigenvalue weighted by Gasteiger charge is 2.35. The molecule has 1 fully saturated rings. The molecule has 2 nitrogen and oxygen atoms in total. The fraction of sp³-hybridized carbons (Fsp3) is 0.417. The Balaban J connectivity index is 2.18. The van der Waals surface area contributed by atoms with E-state index in [-0.39, 0.29) is 18.0 Å². The average Bonchev–Trinajstić information content (AvgIpc) is 2.63. The van der Waals surface area contributed by atoms with Crippen LogP contribution in [0.5, 0.6) is 5.75 Å². The van der Waals surface area contributed by atoms with Crippen molar-refractivity contribution in [3.05, 3.63) is 29.8 Å². The molecule has 0 aromatic heterocycles. The molecule has 92 valence electrons. The number of carbonyl (C=O) groups is 1. The minimum Gasteiger partial charge on any atom is -0.489 e. The van der Waals surface area contributed by atoms with E-state index in [1.54, 1.807) is 0 Å². The molecule has 5 heteroatoms. The Morgan fingerprint density at radius 2 is 1.94 bits per heavy atom. The average molecular weight is 244 g/mol. The van der Waals surface area contributed by atoms with Crippen LogP contribution in [-0.2, 0) is 11.0 Å². The summed E-state index contributed by atoms with van der Waals surface area (Å²) in [6, 6.07) is 5.06. The molecule has 0 spiro atoms. The standard InChI is InChI=1S/C12H11F3O2/c13-12(14,15)10-3-1-2-4-11(10)17-9-6-5-8(16)7-9/h1-4,9H,5-7H2. The number of alkyl halides is 3. The van der Waals surface area contributed by atoms with Crippen LogP contribution in [0.2, 0.25) is 0 Å². The number of rotatable bonds is 2. The van der Waals surface area contributed by atoms with Crippen molar-refractivity contribution in [2.24, 2.45) is 0 Å². The van der Waals surface area contributed by atoms with Crippen LogP contribution < -0.4 is 4.74 Å². The van der Waals surface area contributed by atoms with Gasteiger partial charge in [-0.3, -0.25) is 4.79 Å². The normalized spacial score (nSPS) is 20.6. The first-order chi connectivity index (χ1) is 7.97. The van der Waals surface area contributed by atoms with Crippen LogP contribution in [0.15, 0.2) is 24.3 Å². The van der Waals surface area contributed by atoms with E-state index in [2.05, 4.69) is 0 Å². The summed E-state index contributed by atoms with van der Waals surface area (Å²) < 4.78 is 43.2. The van der Waals surface area contributed by atoms with E-state index in [0.717, 1.165) is 6.07 Å². The molecule has 1 aliphatic carbocycles. The Morgan fingerprint density at radius 1 is 1.24 bits per heavy atom. The van der Waals surface area contributed by atoms with E-state index >= 15 is 0 Å². The number of hydrogen-bond acceptors (Lipinski definition) is 2. The minimum absolute atomic E-state index is 0.0412. The third kappa shape index (κ3) is 2.78. The predicted molar refractivity (Wildman–Crippen MR) is 54.7 cm³/mol. The molecule has 1 aromatic carbocycles. The lowest BCUT2D eigenvalue weighted by atomic mass is 10.2. The Kier molecular flexibility index (Phi) is 3.09. The van der Waals surface area contributed by atoms with Crippen molar-refractivity contribution in [2.75, 3.05) is 0 Å². The Bertz CT molecular complexity index is 426. The van der Waals surface area contributed by atoms with Gasteiger partial charge in [-0.2, -0.15) is 13.2 Å². The number of Topliss-reactive ketones (excluding diaryl/α,β-unsaturated/α-hetero) is 1. The van der Waals surface area contributed by atoms with Crippen LogP contribution >= 0.6 is 0 Å². The highest BCUT2D eigenvalue weighted by Crippen LogP contribution is 2.37. The largest absolute Gasteiger partial charge is 0.489 e. The molecule has 0 N–H and O–H groups in total. The van der Waals surface area contributed by atoms with Crippen molar-refractivity contribution in [1.29, 1.82) is 0 Å². The first-order valence-corrected chi connectivity index (χ1v) is 5.31. The molecule has 1 aliphatic rings. The summed E-state index contributed by atoms with van der Waals surface area (Å²) >= 11 is 0. The van der Waals surface area contributed by atoms with Crippen LogP contribution in [0, 0.1) is 0 Å². The zero-order chi connectivity index (χ0) is 12.5. The summed E-state index contributed by atoms with van der Waals surface area (Å²) in [5.41, 5.74) is -0.792. The van der Waals surface area contributed by atoms with E-state index in [9.17, 15) is 18.0 Å². The molecular weight excluding hydrogens is 233 g/mol. The molecule has 0 heterocycles. The molecule has 0 aliphatic heterocycles. The third-order valence-corrected chi connectivity index (χ3v) is 2.69. The molecule has 1 aromatic rings. The van der Waals surface area contributed by atoms with Crippen molar-refractivity contribution in [3.8, 4) is 5.75 Å². The molecule has 2 rings (SSSR count). The molecular formula is C12H11F3O2. The van der Waals surface area contributed by atoms with Gasteiger partial charge < -0.3 is 4.74 Å². The molecule has 1 saturated carbocycles. The summed E-state index contributed by atoms with van der Waals surface area (Å²) in [5.74, 6) is -0.154. The molecule has 0 radical (unpaired) electrons. The number of para-hydroxylation sites is 1. The molecule has 1 unspecified atom stereocenters. The van der Waals surface area contributed by atoms with Gasteiger partial charge in [-0.05, 0) is 18.6 Å². The molecule has 0 amide bonds. The molecule has 0 bridgehead atoms. The monoisotopic (exact) mass is 244 g/mol. The zero-order valence-electron chi connectivity index (χ0n) is 8.96. The quantitative estimate of drug-likeness (QED) is 0.798. The molecule has 0 saturated heterocycles. The number of ketones is 1. The van der Waals surface area contributed by atoms with Gasteiger partial charge in [0.05, 0.1) is 5.56 Å². The Hall–Kier alpha value is -1.52. The first kappa shape index (κ1) is 12.0. The van der Waals surface area contributed by atoms with Gasteiger partial charge in [-0.15, -0.1) is 0 Å². The van der Waals surface area contributed by atoms with Crippen molar-refractivity contribution >= 4 is 5.78 Å². The fourth-order valence-corrected chi connectivity index (χ4v) is 1.86. The molecule has 1 atom stereocenters. The van der Waals surface area contributed by atoms with E-state index in [0.29, 0.717) is 12.8 Å². The van der Waals surface area contributed by atoms with Gasteiger partial charge in [-0.1, -0.05) is 12.1 Å². The second kappa shape index (κ2) is 4.39. The summed E-state index contributed by atoms with van der Waals surface area (Å²) in [6.07, 6.45) is -3.78. The topological polar surface area (TPSA) is 26.3 Å². The SMILES string of the molecule is O=C1CCC(Oc2ccccc2C(F)(F)F)C1. The van der Waals surface area contributed by atoms with E-state index in [4.69, 9.17) is 4.74 Å². The summed E-state index contributed by atoms with van der Waals surface area (Å²) in [6.45, 7) is 0. The van der Waals surface area contributed by atoms with Gasteiger partial charge in [0, 0.05) is 12.8 Å². The van der Waals surface area contributed by atoms with Gasteiger partial charge in [0.1, 0.15) is 17.6 Å². The van der Waals surface area contributed by atoms with E-state index in [1.165, 1.54) is 18.2 Å². The summed E-state index contributed by atoms with van der Waals surface area (Å²) in [5, 5.41) is 0. The van der Waals surface area contributed by atoms with Gasteiger partial charge in [0.2, 0.25) is 0 Å². The maximum atomic E-state index is 12.7. The number of benzene rings is 1. The van der Waals surface area contributed by atoms with Crippen LogP contribution in [0.1, 0.15) is 24.8 Å². The fourth-order valence-electron chi connectivity index (χ4n) is 1.86. The highest BCUT2D eigenvalue weighted by molar-refractivity contribution is 5.81. The highest BCUT2D eigenvalue weighted by atomic mass is 19.4. The lowest BCUT2D eigenvalue weighted by Gasteiger charge is -2.17. The molecule has 17 heavy (non-hydrogen) atoms. The second-order valence-electron chi connectivity index (χ2n) is 4.02. The van der Waals surface area contributed by atoms with Crippen LogP contribution in [0.25, 0.3) is 0 Å². The third-order valence-electron chi connectivity index (χ3n) is 2.69. The lowest BCUT2D eigenvalue weighted by molar-refractivity contribution is -0.139. The van der Waals surface area contributed by atoms with Crippen molar-refractivity contribution in [2.45, 2.75) is 31.5 Å². The number of ether oxygens (including phenoxy) is 1. The van der Waals surface area contributed by atoms with Crippen molar-refractivity contribution in [3.63, 3.8) is 0 Å². The zero-order valence-corrected chi connectivity index (χ0v) is 8.96. The smallest absolute Gasteiger partial charge is 0.419 e. The first-order valence-electron chi connectivity index (χ1n) is 5.31. The Morgan fingerprint density at radius 3 is 2.53 bits per heavy atom. The lowest BCUT2D eigenvalue weighted by Crippen LogP contribution is -2.16. The van der Waals surface area contributed by atoms with Crippen molar-refractivity contribution in [1.82, 2.24) is 0 Å². The van der Waals surface area contributed by atoms with Gasteiger partial charge in [0.15, 0.2) is 0 Å². The van der Waals surface area contributed by atoms with Crippen molar-refractivity contribution < 1.29 is 22.7 Å². The number of carbonyl (C=O) groups excluding carboxylic acids is 1. The van der Waals surface area contributed by atoms with Crippen LogP contribution in [-0.4, -0.2) is 11.9 Å². The second-order valence-corrected chi connectivity index (χ2v) is 4.02. The predicted octanol–water partition coefficient (Wildman–Crippen LogP) is 3.21. The minimum atomic E-state index is -4.43. The maximum Gasteiger partial charge on any atom is 0.419 e. The maximum absolute atomic E-state index is 12.7. The van der Waals surface area contributed by atoms with E-state index in [1.807, 2.05) is 0 Å². The van der Waals surface area contributed by atoms with Crippen LogP contribution in [0.3, 0.4) is 0 Å². The number of hydrogen-bond donors (Lipinski definition) is 0. The van der Waals surface area contributed by atoms with E-state index < -0.39 is 17.8 Å². The Labute approximate surface area is 96.4 Å². The van der Waals surface area contributed by atoms with Gasteiger partial charge in [0.25, 0.3) is 0 Å².